The number of rotatable bonds is 19. The van der Waals surface area contributed by atoms with Crippen molar-refractivity contribution < 1.29 is 14.2 Å². The maximum Gasteiger partial charge on any atom is 0.217 e. The average molecular weight is 901 g/mol. The number of aromatic amines is 2. The van der Waals surface area contributed by atoms with E-state index in [0.717, 1.165) is 100 Å². The molecule has 7 aromatic rings. The second kappa shape index (κ2) is 20.2. The minimum absolute atomic E-state index is 0.198. The number of thioether (sulfide) groups is 1. The molecule has 0 amide bonds. The highest BCUT2D eigenvalue weighted by molar-refractivity contribution is 8.00. The monoisotopic (exact) mass is 900 g/mol. The summed E-state index contributed by atoms with van der Waals surface area (Å²) >= 11 is 1.96. The van der Waals surface area contributed by atoms with Crippen LogP contribution in [0.4, 0.5) is 5.69 Å². The summed E-state index contributed by atoms with van der Waals surface area (Å²) < 4.78 is 13.5. The second-order valence-corrected chi connectivity index (χ2v) is 19.8. The van der Waals surface area contributed by atoms with E-state index in [1.54, 1.807) is 0 Å². The first-order chi connectivity index (χ1) is 32.1. The van der Waals surface area contributed by atoms with E-state index in [-0.39, 0.29) is 10.9 Å². The van der Waals surface area contributed by atoms with Crippen LogP contribution in [0.15, 0.2) is 146 Å². The van der Waals surface area contributed by atoms with Crippen LogP contribution in [0.5, 0.6) is 5.75 Å². The summed E-state index contributed by atoms with van der Waals surface area (Å²) in [7, 11) is 2.18. The van der Waals surface area contributed by atoms with Gasteiger partial charge in [0.05, 0.1) is 33.4 Å². The van der Waals surface area contributed by atoms with Gasteiger partial charge in [0, 0.05) is 77.2 Å². The van der Waals surface area contributed by atoms with Crippen LogP contribution < -0.4 is 9.64 Å². The zero-order valence-corrected chi connectivity index (χ0v) is 39.5. The lowest BCUT2D eigenvalue weighted by Gasteiger charge is -2.41. The number of nitrogens with one attached hydrogen (secondary N) is 2. The lowest BCUT2D eigenvalue weighted by atomic mass is 9.77. The number of piperazine rings is 1. The molecule has 0 radical (unpaired) electrons. The molecule has 2 aromatic heterocycles. The van der Waals surface area contributed by atoms with Gasteiger partial charge in [-0.2, -0.15) is 0 Å². The van der Waals surface area contributed by atoms with Crippen molar-refractivity contribution in [2.75, 3.05) is 63.6 Å². The molecule has 2 N–H and O–H groups in total. The molecule has 1 fully saturated rings. The molecule has 1 saturated heterocycles. The van der Waals surface area contributed by atoms with E-state index in [4.69, 9.17) is 19.4 Å². The number of imidazole rings is 2. The van der Waals surface area contributed by atoms with E-state index in [2.05, 4.69) is 156 Å². The topological polar surface area (TPSA) is 102 Å². The average Bonchev–Trinajstić information content (AvgIpc) is 3.97. The van der Waals surface area contributed by atoms with Gasteiger partial charge in [-0.3, -0.25) is 0 Å². The lowest BCUT2D eigenvalue weighted by Crippen LogP contribution is -2.44. The van der Waals surface area contributed by atoms with Crippen molar-refractivity contribution in [1.29, 1.82) is 0 Å². The molecule has 1 aliphatic carbocycles. The van der Waals surface area contributed by atoms with Crippen molar-refractivity contribution in [3.63, 3.8) is 0 Å². The van der Waals surface area contributed by atoms with E-state index in [1.807, 2.05) is 49.0 Å². The Morgan fingerprint density at radius 1 is 0.788 bits per heavy atom. The van der Waals surface area contributed by atoms with Gasteiger partial charge in [-0.1, -0.05) is 85.0 Å². The number of hydrogen-bond acceptors (Lipinski definition) is 8. The number of anilines is 1. The summed E-state index contributed by atoms with van der Waals surface area (Å²) in [6.45, 7) is 11.6. The van der Waals surface area contributed by atoms with Crippen LogP contribution in [0.25, 0.3) is 44.8 Å². The predicted octanol–water partition coefficient (Wildman–Crippen LogP) is 11.5. The third kappa shape index (κ3) is 10.5. The van der Waals surface area contributed by atoms with Gasteiger partial charge >= 0.3 is 0 Å². The Morgan fingerprint density at radius 2 is 1.42 bits per heavy atom. The van der Waals surface area contributed by atoms with Crippen LogP contribution in [0.1, 0.15) is 51.2 Å². The Hall–Kier alpha value is -6.01. The van der Waals surface area contributed by atoms with Crippen LogP contribution >= 0.6 is 11.8 Å². The quantitative estimate of drug-likeness (QED) is 0.0611. The SMILES string of the molecule is CC(C[N+](=O)CCCSC(c1ccccc1)(c1ccccc1)C1C=CC=CC1)OCCC(C)(C)Oc1ccc(-c2nc3ccc(-c4nc5ccc(N6CCN(C)CC6)cc5[nH]4)cc3[nH]2)cc1. The summed E-state index contributed by atoms with van der Waals surface area (Å²) in [5.74, 6) is 3.58. The number of allylic oxidation sites excluding steroid dienone is 4. The fraction of sp³-hybridized carbons (Fsp3) is 0.345. The molecule has 11 heteroatoms. The zero-order valence-electron chi connectivity index (χ0n) is 38.7. The van der Waals surface area contributed by atoms with Crippen molar-refractivity contribution >= 4 is 39.5 Å². The molecular formula is C55H62N7O3S+. The van der Waals surface area contributed by atoms with Gasteiger partial charge in [-0.05, 0) is 106 Å². The number of likely N-dealkylation sites (N-methyl/N-ethyl adjacent to an activating group) is 1. The Bertz CT molecular complexity index is 2730. The summed E-state index contributed by atoms with van der Waals surface area (Å²) in [4.78, 5) is 34.8. The van der Waals surface area contributed by atoms with E-state index < -0.39 is 5.60 Å². The van der Waals surface area contributed by atoms with Crippen LogP contribution in [0.2, 0.25) is 0 Å². The minimum Gasteiger partial charge on any atom is -0.488 e. The molecule has 3 heterocycles. The Balaban J connectivity index is 0.741. The van der Waals surface area contributed by atoms with Crippen molar-refractivity contribution in [3.8, 4) is 28.5 Å². The zero-order chi connectivity index (χ0) is 45.5. The van der Waals surface area contributed by atoms with Crippen LogP contribution in [-0.4, -0.2) is 100.0 Å². The number of fused-ring (bicyclic) bond motifs is 2. The van der Waals surface area contributed by atoms with Gasteiger partial charge in [-0.25, -0.2) is 9.97 Å². The number of aromatic nitrogens is 4. The predicted molar refractivity (Wildman–Crippen MR) is 272 cm³/mol. The maximum atomic E-state index is 13.1. The molecule has 5 aromatic carbocycles. The van der Waals surface area contributed by atoms with Crippen molar-refractivity contribution in [1.82, 2.24) is 24.8 Å². The third-order valence-electron chi connectivity index (χ3n) is 13.0. The largest absolute Gasteiger partial charge is 0.488 e. The first-order valence-electron chi connectivity index (χ1n) is 23.5. The molecule has 0 spiro atoms. The number of benzene rings is 5. The number of ether oxygens (including phenoxy) is 2. The summed E-state index contributed by atoms with van der Waals surface area (Å²) in [6, 6.07) is 42.5. The fourth-order valence-corrected chi connectivity index (χ4v) is 10.9. The highest BCUT2D eigenvalue weighted by Crippen LogP contribution is 2.51. The van der Waals surface area contributed by atoms with Crippen molar-refractivity contribution in [2.24, 2.45) is 5.92 Å². The molecule has 2 unspecified atom stereocenters. The number of H-pyrrole nitrogens is 2. The van der Waals surface area contributed by atoms with E-state index in [0.29, 0.717) is 32.0 Å². The molecule has 340 valence electrons. The van der Waals surface area contributed by atoms with Crippen LogP contribution in [0.3, 0.4) is 0 Å². The molecular weight excluding hydrogens is 839 g/mol. The van der Waals surface area contributed by atoms with Crippen LogP contribution in [0, 0.1) is 10.8 Å². The fourth-order valence-electron chi connectivity index (χ4n) is 9.27. The number of hydrogen-bond donors (Lipinski definition) is 2. The summed E-state index contributed by atoms with van der Waals surface area (Å²) in [6.07, 6.45) is 11.2. The molecule has 9 rings (SSSR count). The molecule has 2 aliphatic rings. The first kappa shape index (κ1) is 45.2. The molecule has 1 aliphatic heterocycles. The van der Waals surface area contributed by atoms with Gasteiger partial charge < -0.3 is 29.2 Å². The van der Waals surface area contributed by atoms with Gasteiger partial charge in [0.25, 0.3) is 0 Å². The minimum atomic E-state index is -0.471. The van der Waals surface area contributed by atoms with Crippen molar-refractivity contribution in [2.45, 2.75) is 56.5 Å². The number of nitrogens with zero attached hydrogens (tertiary/aromatic N) is 5. The van der Waals surface area contributed by atoms with Crippen molar-refractivity contribution in [3.05, 3.63) is 162 Å². The lowest BCUT2D eigenvalue weighted by molar-refractivity contribution is -0.556. The number of nitroso groups, excluding NO2 is 1. The molecule has 2 atom stereocenters. The van der Waals surface area contributed by atoms with E-state index in [9.17, 15) is 4.91 Å². The van der Waals surface area contributed by atoms with Gasteiger partial charge in [0.2, 0.25) is 6.54 Å². The summed E-state index contributed by atoms with van der Waals surface area (Å²) in [5, 5.41) is 0. The highest BCUT2D eigenvalue weighted by atomic mass is 32.2. The Kier molecular flexibility index (Phi) is 13.9. The van der Waals surface area contributed by atoms with Gasteiger partial charge in [-0.15, -0.1) is 11.8 Å². The standard InChI is InChI=1S/C55H62N7O3S/c1-40(39-62(63)30-14-36-66-55(43-15-8-5-9-16-43,44-17-10-6-11-18-44)45-19-12-7-13-20-45)64-35-29-54(2,3)65-47-25-21-41(22-26-47)52-56-48-27-23-42(37-50(48)58-52)53-57-49-28-24-46(38-51(49)59-53)61-33-31-60(4)32-34-61/h5-13,15-19,21-28,37-38,40,45H,14,20,29-36,39H2,1-4H3,(H,56,58)(H,57,59)/q+1. The second-order valence-electron chi connectivity index (χ2n) is 18.4. The van der Waals surface area contributed by atoms with Crippen LogP contribution in [-0.2, 0) is 9.48 Å². The molecule has 0 bridgehead atoms. The highest BCUT2D eigenvalue weighted by Gasteiger charge is 2.41. The molecule has 0 saturated carbocycles. The Labute approximate surface area is 393 Å². The summed E-state index contributed by atoms with van der Waals surface area (Å²) in [5.41, 5.74) is 9.17. The normalized spacial score (nSPS) is 16.3. The maximum absolute atomic E-state index is 13.1. The van der Waals surface area contributed by atoms with Gasteiger partial charge in [0.1, 0.15) is 29.1 Å². The van der Waals surface area contributed by atoms with E-state index in [1.165, 1.54) is 16.8 Å². The Morgan fingerprint density at radius 3 is 2.09 bits per heavy atom. The smallest absolute Gasteiger partial charge is 0.217 e. The molecule has 10 nitrogen and oxygen atoms in total. The first-order valence-corrected chi connectivity index (χ1v) is 24.5. The molecule has 66 heavy (non-hydrogen) atoms. The van der Waals surface area contributed by atoms with Gasteiger partial charge in [0.15, 0.2) is 6.54 Å². The third-order valence-corrected chi connectivity index (χ3v) is 14.7. The van der Waals surface area contributed by atoms with E-state index >= 15 is 0 Å².